The quantitative estimate of drug-likeness (QED) is 0.435. The van der Waals surface area contributed by atoms with Gasteiger partial charge in [-0.15, -0.1) is 0 Å². The van der Waals surface area contributed by atoms with Gasteiger partial charge in [-0.3, -0.25) is 0 Å². The van der Waals surface area contributed by atoms with Crippen LogP contribution in [0, 0.1) is 5.92 Å². The normalized spacial score (nSPS) is 12.3. The second-order valence-electron chi connectivity index (χ2n) is 2.64. The van der Waals surface area contributed by atoms with E-state index >= 15 is 0 Å². The number of phosphoric acid groups is 2. The molecule has 0 amide bonds. The Balaban J connectivity index is 0. The fourth-order valence-corrected chi connectivity index (χ4v) is 1.25. The molecule has 10 heteroatoms. The largest absolute Gasteiger partial charge is 0.478 e. The second kappa shape index (κ2) is 6.66. The first-order valence-electron chi connectivity index (χ1n) is 3.41. The number of hydrogen-bond donors (Lipinski definition) is 5. The molecule has 0 aliphatic rings. The summed E-state index contributed by atoms with van der Waals surface area (Å²) in [5.74, 6) is 0.440. The highest BCUT2D eigenvalue weighted by Gasteiger charge is 2.27. The van der Waals surface area contributed by atoms with Gasteiger partial charge in [0.15, 0.2) is 0 Å². The first-order chi connectivity index (χ1) is 5.98. The van der Waals surface area contributed by atoms with Crippen LogP contribution in [0.2, 0.25) is 0 Å². The van der Waals surface area contributed by atoms with E-state index in [0.717, 1.165) is 0 Å². The zero-order chi connectivity index (χ0) is 12.0. The van der Waals surface area contributed by atoms with Gasteiger partial charge in [0.2, 0.25) is 0 Å². The van der Waals surface area contributed by atoms with E-state index < -0.39 is 15.6 Å². The van der Waals surface area contributed by atoms with E-state index in [4.69, 9.17) is 24.7 Å². The summed E-state index contributed by atoms with van der Waals surface area (Å²) in [7, 11) is -10.1. The third-order valence-corrected chi connectivity index (χ3v) is 2.28. The van der Waals surface area contributed by atoms with Gasteiger partial charge in [-0.2, -0.15) is 4.31 Å². The predicted molar refractivity (Wildman–Crippen MR) is 47.1 cm³/mol. The standard InChI is InChI=1S/C4H10O.H4O7P2/c1-4(2)3-5;1-8(2,3)7-9(4,5)6/h4-5H,3H2,1-2H3;(H2,1,2,3)(H2,4,5,6). The molecule has 0 radical (unpaired) electrons. The van der Waals surface area contributed by atoms with E-state index in [1.807, 2.05) is 13.8 Å². The maximum absolute atomic E-state index is 9.63. The van der Waals surface area contributed by atoms with Crippen molar-refractivity contribution in [3.8, 4) is 0 Å². The summed E-state index contributed by atoms with van der Waals surface area (Å²) in [5, 5.41) is 8.14. The lowest BCUT2D eigenvalue weighted by atomic mass is 10.2. The lowest BCUT2D eigenvalue weighted by molar-refractivity contribution is 0.225. The summed E-state index contributed by atoms with van der Waals surface area (Å²) in [4.78, 5) is 31.0. The van der Waals surface area contributed by atoms with E-state index in [1.165, 1.54) is 0 Å². The average Bonchev–Trinajstić information content (AvgIpc) is 1.80. The summed E-state index contributed by atoms with van der Waals surface area (Å²) in [5.41, 5.74) is 0. The molecule has 0 saturated carbocycles. The van der Waals surface area contributed by atoms with Gasteiger partial charge in [-0.1, -0.05) is 13.8 Å². The Morgan fingerprint density at radius 3 is 1.29 bits per heavy atom. The molecule has 5 N–H and O–H groups in total. The monoisotopic (exact) mass is 252 g/mol. The summed E-state index contributed by atoms with van der Waals surface area (Å²) >= 11 is 0. The fraction of sp³-hybridized carbons (Fsp3) is 1.00. The molecule has 88 valence electrons. The molecule has 0 aliphatic heterocycles. The maximum Gasteiger partial charge on any atom is 0.478 e. The summed E-state index contributed by atoms with van der Waals surface area (Å²) < 4.78 is 22.2. The SMILES string of the molecule is CC(C)CO.O=P(O)(O)OP(=O)(O)O. The summed E-state index contributed by atoms with van der Waals surface area (Å²) in [6.07, 6.45) is 0. The molecule has 14 heavy (non-hydrogen) atoms. The zero-order valence-electron chi connectivity index (χ0n) is 7.64. The van der Waals surface area contributed by atoms with Crippen molar-refractivity contribution in [3.63, 3.8) is 0 Å². The molecular weight excluding hydrogens is 238 g/mol. The molecule has 0 aliphatic carbocycles. The highest BCUT2D eigenvalue weighted by molar-refractivity contribution is 7.60. The van der Waals surface area contributed by atoms with Crippen molar-refractivity contribution in [2.24, 2.45) is 5.92 Å². The lowest BCUT2D eigenvalue weighted by Gasteiger charge is -2.03. The molecule has 0 unspecified atom stereocenters. The minimum Gasteiger partial charge on any atom is -0.396 e. The van der Waals surface area contributed by atoms with E-state index in [2.05, 4.69) is 4.31 Å². The summed E-state index contributed by atoms with van der Waals surface area (Å²) in [6, 6.07) is 0. The van der Waals surface area contributed by atoms with Gasteiger partial charge in [0.05, 0.1) is 0 Å². The van der Waals surface area contributed by atoms with Crippen LogP contribution in [0.3, 0.4) is 0 Å². The van der Waals surface area contributed by atoms with Crippen molar-refractivity contribution in [2.75, 3.05) is 6.61 Å². The lowest BCUT2D eigenvalue weighted by Crippen LogP contribution is -1.90. The van der Waals surface area contributed by atoms with Gasteiger partial charge in [0, 0.05) is 6.61 Å². The Hall–Kier alpha value is 0.220. The van der Waals surface area contributed by atoms with Gasteiger partial charge in [0.1, 0.15) is 0 Å². The molecule has 0 aromatic carbocycles. The van der Waals surface area contributed by atoms with E-state index in [1.54, 1.807) is 0 Å². The van der Waals surface area contributed by atoms with Crippen molar-refractivity contribution >= 4 is 15.6 Å². The third-order valence-electron chi connectivity index (χ3n) is 0.578. The zero-order valence-corrected chi connectivity index (χ0v) is 9.43. The Kier molecular flexibility index (Phi) is 7.91. The molecule has 0 bridgehead atoms. The first kappa shape index (κ1) is 16.6. The molecule has 0 spiro atoms. The molecule has 0 fully saturated rings. The van der Waals surface area contributed by atoms with E-state index in [-0.39, 0.29) is 0 Å². The van der Waals surface area contributed by atoms with Crippen molar-refractivity contribution in [2.45, 2.75) is 13.8 Å². The highest BCUT2D eigenvalue weighted by Crippen LogP contribution is 2.53. The average molecular weight is 252 g/mol. The predicted octanol–water partition coefficient (Wildman–Crippen LogP) is -0.177. The first-order valence-corrected chi connectivity index (χ1v) is 6.47. The van der Waals surface area contributed by atoms with Crippen LogP contribution in [0.4, 0.5) is 0 Å². The fourth-order valence-electron chi connectivity index (χ4n) is 0.139. The number of hydrogen-bond acceptors (Lipinski definition) is 4. The molecule has 0 atom stereocenters. The van der Waals surface area contributed by atoms with Crippen LogP contribution < -0.4 is 0 Å². The van der Waals surface area contributed by atoms with Crippen LogP contribution in [0.5, 0.6) is 0 Å². The molecule has 0 heterocycles. The van der Waals surface area contributed by atoms with Crippen LogP contribution in [-0.2, 0) is 13.4 Å². The van der Waals surface area contributed by atoms with Gasteiger partial charge < -0.3 is 24.7 Å². The number of aliphatic hydroxyl groups excluding tert-OH is 1. The molecule has 0 rings (SSSR count). The van der Waals surface area contributed by atoms with Crippen LogP contribution in [-0.4, -0.2) is 31.3 Å². The van der Waals surface area contributed by atoms with Gasteiger partial charge in [-0.05, 0) is 5.92 Å². The van der Waals surface area contributed by atoms with Crippen LogP contribution in [0.15, 0.2) is 0 Å². The minimum atomic E-state index is -5.05. The third kappa shape index (κ3) is 22.8. The van der Waals surface area contributed by atoms with Gasteiger partial charge in [-0.25, -0.2) is 9.13 Å². The van der Waals surface area contributed by atoms with Gasteiger partial charge >= 0.3 is 15.6 Å². The minimum absolute atomic E-state index is 0.306. The Labute approximate surface area is 81.0 Å². The highest BCUT2D eigenvalue weighted by atomic mass is 31.3. The molecular formula is C4H14O8P2. The smallest absolute Gasteiger partial charge is 0.396 e. The molecule has 0 aromatic rings. The van der Waals surface area contributed by atoms with E-state index in [9.17, 15) is 9.13 Å². The van der Waals surface area contributed by atoms with Crippen molar-refractivity contribution in [1.29, 1.82) is 0 Å². The van der Waals surface area contributed by atoms with Crippen LogP contribution >= 0.6 is 15.6 Å². The van der Waals surface area contributed by atoms with Crippen molar-refractivity contribution < 1.29 is 38.1 Å². The van der Waals surface area contributed by atoms with Gasteiger partial charge in [0.25, 0.3) is 0 Å². The Morgan fingerprint density at radius 1 is 1.07 bits per heavy atom. The molecule has 0 saturated heterocycles. The maximum atomic E-state index is 9.63. The molecule has 8 nitrogen and oxygen atoms in total. The Morgan fingerprint density at radius 2 is 1.29 bits per heavy atom. The van der Waals surface area contributed by atoms with Crippen molar-refractivity contribution in [1.82, 2.24) is 0 Å². The Bertz CT molecular complexity index is 205. The van der Waals surface area contributed by atoms with E-state index in [0.29, 0.717) is 12.5 Å². The molecule has 0 aromatic heterocycles. The number of rotatable bonds is 3. The summed E-state index contributed by atoms with van der Waals surface area (Å²) in [6.45, 7) is 4.25. The second-order valence-corrected chi connectivity index (χ2v) is 5.25. The van der Waals surface area contributed by atoms with Crippen molar-refractivity contribution in [3.05, 3.63) is 0 Å². The number of aliphatic hydroxyl groups is 1. The topological polar surface area (TPSA) is 145 Å². The van der Waals surface area contributed by atoms with Crippen LogP contribution in [0.1, 0.15) is 13.8 Å². The van der Waals surface area contributed by atoms with Crippen LogP contribution in [0.25, 0.3) is 0 Å².